The van der Waals surface area contributed by atoms with Crippen LogP contribution in [0.3, 0.4) is 0 Å². The van der Waals surface area contributed by atoms with Crippen molar-refractivity contribution in [2.75, 3.05) is 26.2 Å². The zero-order chi connectivity index (χ0) is 14.1. The summed E-state index contributed by atoms with van der Waals surface area (Å²) in [6, 6.07) is 4.28. The predicted molar refractivity (Wildman–Crippen MR) is 71.9 cm³/mol. The molecule has 108 valence electrons. The van der Waals surface area contributed by atoms with Crippen LogP contribution in [-0.2, 0) is 11.2 Å². The maximum atomic E-state index is 13.2. The molecule has 5 nitrogen and oxygen atoms in total. The first-order valence-electron chi connectivity index (χ1n) is 6.82. The van der Waals surface area contributed by atoms with Crippen molar-refractivity contribution in [3.8, 4) is 5.75 Å². The standard InChI is InChI=1S/C14H18FN3O2/c15-10-1-2-13-9(5-10)6-11(20-13)8-18-4-3-17-7-12(18)14(16)19/h1-2,5,11-12,17H,3-4,6-8H2,(H2,16,19). The quantitative estimate of drug-likeness (QED) is 0.810. The third kappa shape index (κ3) is 2.62. The minimum Gasteiger partial charge on any atom is -0.488 e. The summed E-state index contributed by atoms with van der Waals surface area (Å²) in [5.41, 5.74) is 6.31. The fourth-order valence-corrected chi connectivity index (χ4v) is 2.90. The van der Waals surface area contributed by atoms with E-state index in [1.165, 1.54) is 12.1 Å². The van der Waals surface area contributed by atoms with Crippen molar-refractivity contribution < 1.29 is 13.9 Å². The van der Waals surface area contributed by atoms with Crippen LogP contribution in [0.15, 0.2) is 18.2 Å². The van der Waals surface area contributed by atoms with Gasteiger partial charge in [-0.3, -0.25) is 9.69 Å². The van der Waals surface area contributed by atoms with Gasteiger partial charge in [-0.25, -0.2) is 4.39 Å². The van der Waals surface area contributed by atoms with Gasteiger partial charge in [0.15, 0.2) is 0 Å². The van der Waals surface area contributed by atoms with Gasteiger partial charge in [-0.1, -0.05) is 0 Å². The molecule has 3 N–H and O–H groups in total. The maximum absolute atomic E-state index is 13.2. The molecular formula is C14H18FN3O2. The van der Waals surface area contributed by atoms with Crippen molar-refractivity contribution in [1.82, 2.24) is 10.2 Å². The van der Waals surface area contributed by atoms with Crippen LogP contribution < -0.4 is 15.8 Å². The number of halogens is 1. The minimum absolute atomic E-state index is 0.0493. The highest BCUT2D eigenvalue weighted by Gasteiger charge is 2.31. The summed E-state index contributed by atoms with van der Waals surface area (Å²) < 4.78 is 19.0. The van der Waals surface area contributed by atoms with Crippen molar-refractivity contribution in [2.24, 2.45) is 5.73 Å². The lowest BCUT2D eigenvalue weighted by atomic mass is 10.1. The Labute approximate surface area is 116 Å². The Kier molecular flexibility index (Phi) is 3.58. The SMILES string of the molecule is NC(=O)C1CNCCN1CC1Cc2cc(F)ccc2O1. The molecule has 1 aromatic rings. The molecule has 1 fully saturated rings. The van der Waals surface area contributed by atoms with Gasteiger partial charge in [0.1, 0.15) is 23.7 Å². The van der Waals surface area contributed by atoms with E-state index in [9.17, 15) is 9.18 Å². The molecule has 20 heavy (non-hydrogen) atoms. The van der Waals surface area contributed by atoms with Gasteiger partial charge < -0.3 is 15.8 Å². The number of nitrogens with zero attached hydrogens (tertiary/aromatic N) is 1. The first-order chi connectivity index (χ1) is 9.63. The van der Waals surface area contributed by atoms with Crippen LogP contribution in [0.25, 0.3) is 0 Å². The highest BCUT2D eigenvalue weighted by atomic mass is 19.1. The Morgan fingerprint density at radius 3 is 3.20 bits per heavy atom. The largest absolute Gasteiger partial charge is 0.488 e. The van der Waals surface area contributed by atoms with Crippen LogP contribution in [0.1, 0.15) is 5.56 Å². The van der Waals surface area contributed by atoms with Crippen molar-refractivity contribution in [3.05, 3.63) is 29.6 Å². The highest BCUT2D eigenvalue weighted by Crippen LogP contribution is 2.29. The second-order valence-electron chi connectivity index (χ2n) is 5.31. The van der Waals surface area contributed by atoms with E-state index in [1.807, 2.05) is 4.90 Å². The molecule has 0 aromatic heterocycles. The number of amides is 1. The van der Waals surface area contributed by atoms with Gasteiger partial charge in [-0.2, -0.15) is 0 Å². The van der Waals surface area contributed by atoms with Crippen LogP contribution in [0, 0.1) is 5.82 Å². The second-order valence-corrected chi connectivity index (χ2v) is 5.31. The fourth-order valence-electron chi connectivity index (χ4n) is 2.90. The average Bonchev–Trinajstić information content (AvgIpc) is 2.80. The van der Waals surface area contributed by atoms with Gasteiger partial charge in [-0.05, 0) is 18.2 Å². The summed E-state index contributed by atoms with van der Waals surface area (Å²) in [4.78, 5) is 13.5. The van der Waals surface area contributed by atoms with E-state index >= 15 is 0 Å². The first kappa shape index (κ1) is 13.3. The number of piperazine rings is 1. The number of hydrogen-bond acceptors (Lipinski definition) is 4. The Balaban J connectivity index is 1.66. The van der Waals surface area contributed by atoms with Gasteiger partial charge >= 0.3 is 0 Å². The lowest BCUT2D eigenvalue weighted by molar-refractivity contribution is -0.124. The summed E-state index contributed by atoms with van der Waals surface area (Å²) in [6.45, 7) is 2.80. The van der Waals surface area contributed by atoms with E-state index in [2.05, 4.69) is 5.32 Å². The van der Waals surface area contributed by atoms with E-state index in [-0.39, 0.29) is 23.9 Å². The molecule has 0 bridgehead atoms. The van der Waals surface area contributed by atoms with Crippen LogP contribution in [0.5, 0.6) is 5.75 Å². The molecule has 1 aromatic carbocycles. The van der Waals surface area contributed by atoms with Gasteiger partial charge in [0, 0.05) is 38.2 Å². The summed E-state index contributed by atoms with van der Waals surface area (Å²) >= 11 is 0. The van der Waals surface area contributed by atoms with Gasteiger partial charge in [0.25, 0.3) is 0 Å². The Morgan fingerprint density at radius 2 is 2.40 bits per heavy atom. The maximum Gasteiger partial charge on any atom is 0.236 e. The molecule has 0 saturated carbocycles. The molecule has 2 unspecified atom stereocenters. The van der Waals surface area contributed by atoms with Crippen LogP contribution in [0.2, 0.25) is 0 Å². The first-order valence-corrected chi connectivity index (χ1v) is 6.82. The number of hydrogen-bond donors (Lipinski definition) is 2. The summed E-state index contributed by atoms with van der Waals surface area (Å²) in [5, 5.41) is 3.16. The molecule has 1 saturated heterocycles. The van der Waals surface area contributed by atoms with E-state index in [1.54, 1.807) is 6.07 Å². The number of primary amides is 1. The molecular weight excluding hydrogens is 261 g/mol. The number of nitrogens with two attached hydrogens (primary N) is 1. The predicted octanol–water partition coefficient (Wildman–Crippen LogP) is -0.112. The van der Waals surface area contributed by atoms with Gasteiger partial charge in [-0.15, -0.1) is 0 Å². The Hall–Kier alpha value is -1.66. The third-order valence-corrected chi connectivity index (χ3v) is 3.88. The van der Waals surface area contributed by atoms with Crippen LogP contribution >= 0.6 is 0 Å². The van der Waals surface area contributed by atoms with Crippen molar-refractivity contribution in [1.29, 1.82) is 0 Å². The molecule has 0 radical (unpaired) electrons. The molecule has 3 rings (SSSR count). The zero-order valence-electron chi connectivity index (χ0n) is 11.1. The Bertz CT molecular complexity index is 523. The lowest BCUT2D eigenvalue weighted by Gasteiger charge is -2.35. The number of ether oxygens (including phenoxy) is 1. The van der Waals surface area contributed by atoms with Crippen molar-refractivity contribution >= 4 is 5.91 Å². The number of rotatable bonds is 3. The third-order valence-electron chi connectivity index (χ3n) is 3.88. The molecule has 0 spiro atoms. The number of carbonyl (C=O) groups is 1. The fraction of sp³-hybridized carbons (Fsp3) is 0.500. The molecule has 1 amide bonds. The second kappa shape index (κ2) is 5.38. The van der Waals surface area contributed by atoms with E-state index in [4.69, 9.17) is 10.5 Å². The number of benzene rings is 1. The normalized spacial score (nSPS) is 26.1. The molecule has 2 aliphatic rings. The lowest BCUT2D eigenvalue weighted by Crippen LogP contribution is -2.58. The van der Waals surface area contributed by atoms with Gasteiger partial charge in [0.2, 0.25) is 5.91 Å². The molecule has 2 aliphatic heterocycles. The monoisotopic (exact) mass is 279 g/mol. The number of nitrogens with one attached hydrogen (secondary N) is 1. The molecule has 2 atom stereocenters. The average molecular weight is 279 g/mol. The topological polar surface area (TPSA) is 67.6 Å². The smallest absolute Gasteiger partial charge is 0.236 e. The van der Waals surface area contributed by atoms with E-state index < -0.39 is 0 Å². The van der Waals surface area contributed by atoms with Crippen LogP contribution in [-0.4, -0.2) is 49.1 Å². The van der Waals surface area contributed by atoms with Crippen molar-refractivity contribution in [3.63, 3.8) is 0 Å². The summed E-state index contributed by atoms with van der Waals surface area (Å²) in [6.07, 6.45) is 0.620. The number of carbonyl (C=O) groups excluding carboxylic acids is 1. The number of fused-ring (bicyclic) bond motifs is 1. The molecule has 2 heterocycles. The highest BCUT2D eigenvalue weighted by molar-refractivity contribution is 5.80. The van der Waals surface area contributed by atoms with E-state index in [0.717, 1.165) is 24.4 Å². The van der Waals surface area contributed by atoms with Gasteiger partial charge in [0.05, 0.1) is 0 Å². The molecule has 0 aliphatic carbocycles. The molecule has 6 heteroatoms. The summed E-state index contributed by atoms with van der Waals surface area (Å²) in [5.74, 6) is 0.172. The zero-order valence-corrected chi connectivity index (χ0v) is 11.1. The Morgan fingerprint density at radius 1 is 1.55 bits per heavy atom. The van der Waals surface area contributed by atoms with Crippen LogP contribution in [0.4, 0.5) is 4.39 Å². The van der Waals surface area contributed by atoms with Crippen molar-refractivity contribution in [2.45, 2.75) is 18.6 Å². The summed E-state index contributed by atoms with van der Waals surface area (Å²) in [7, 11) is 0. The minimum atomic E-state index is -0.321. The van der Waals surface area contributed by atoms with E-state index in [0.29, 0.717) is 19.5 Å².